The molecule has 6 heteroatoms. The number of methoxy groups -OCH3 is 2. The Bertz CT molecular complexity index is 630. The quantitative estimate of drug-likeness (QED) is 0.789. The molecule has 2 aliphatic rings. The maximum Gasteiger partial charge on any atom is 0.328 e. The zero-order valence-corrected chi connectivity index (χ0v) is 14.1. The number of piperidine rings is 1. The Labute approximate surface area is 141 Å². The summed E-state index contributed by atoms with van der Waals surface area (Å²) in [5, 5.41) is 0. The molecule has 1 fully saturated rings. The summed E-state index contributed by atoms with van der Waals surface area (Å²) in [4.78, 5) is 26.6. The minimum Gasteiger partial charge on any atom is -0.497 e. The third kappa shape index (κ3) is 3.18. The second-order valence-electron chi connectivity index (χ2n) is 6.25. The minimum atomic E-state index is -0.464. The highest BCUT2D eigenvalue weighted by molar-refractivity contribution is 5.86. The largest absolute Gasteiger partial charge is 0.497 e. The lowest BCUT2D eigenvalue weighted by molar-refractivity contribution is -0.156. The van der Waals surface area contributed by atoms with Crippen molar-refractivity contribution in [2.75, 3.05) is 27.4 Å². The van der Waals surface area contributed by atoms with E-state index in [1.165, 1.54) is 7.11 Å². The number of hydrogen-bond acceptors (Lipinski definition) is 5. The van der Waals surface area contributed by atoms with Crippen LogP contribution in [-0.2, 0) is 20.7 Å². The van der Waals surface area contributed by atoms with Crippen molar-refractivity contribution >= 4 is 11.9 Å². The number of carbonyl (C=O) groups excluding carboxylic acids is 2. The van der Waals surface area contributed by atoms with E-state index in [9.17, 15) is 9.59 Å². The predicted molar refractivity (Wildman–Crippen MR) is 87.1 cm³/mol. The van der Waals surface area contributed by atoms with Gasteiger partial charge in [0.25, 0.3) is 0 Å². The van der Waals surface area contributed by atoms with E-state index in [4.69, 9.17) is 14.2 Å². The van der Waals surface area contributed by atoms with Gasteiger partial charge in [0.05, 0.1) is 20.1 Å². The van der Waals surface area contributed by atoms with Gasteiger partial charge >= 0.3 is 5.97 Å². The molecule has 0 unspecified atom stereocenters. The first-order valence-electron chi connectivity index (χ1n) is 8.32. The summed E-state index contributed by atoms with van der Waals surface area (Å²) in [7, 11) is 2.98. The van der Waals surface area contributed by atoms with Crippen LogP contribution in [0.5, 0.6) is 11.5 Å². The van der Waals surface area contributed by atoms with Crippen LogP contribution < -0.4 is 9.47 Å². The van der Waals surface area contributed by atoms with E-state index in [0.717, 1.165) is 29.9 Å². The number of likely N-dealkylation sites (tertiary alicyclic amines) is 1. The highest BCUT2D eigenvalue weighted by Crippen LogP contribution is 2.32. The monoisotopic (exact) mass is 333 g/mol. The molecule has 1 aromatic carbocycles. The molecule has 0 aliphatic carbocycles. The molecule has 0 saturated carbocycles. The van der Waals surface area contributed by atoms with E-state index < -0.39 is 6.04 Å². The summed E-state index contributed by atoms with van der Waals surface area (Å²) in [5.74, 6) is 0.884. The van der Waals surface area contributed by atoms with Crippen LogP contribution in [0.4, 0.5) is 0 Å². The number of esters is 1. The van der Waals surface area contributed by atoms with Crippen molar-refractivity contribution in [3.8, 4) is 11.5 Å². The lowest BCUT2D eigenvalue weighted by Crippen LogP contribution is -2.52. The van der Waals surface area contributed by atoms with Crippen molar-refractivity contribution < 1.29 is 23.8 Å². The van der Waals surface area contributed by atoms with Gasteiger partial charge in [-0.3, -0.25) is 4.79 Å². The number of carbonyl (C=O) groups is 2. The van der Waals surface area contributed by atoms with E-state index in [1.807, 2.05) is 18.2 Å². The fraction of sp³-hybridized carbons (Fsp3) is 0.556. The fourth-order valence-corrected chi connectivity index (χ4v) is 3.45. The molecule has 6 nitrogen and oxygen atoms in total. The van der Waals surface area contributed by atoms with E-state index in [-0.39, 0.29) is 17.8 Å². The van der Waals surface area contributed by atoms with Crippen molar-refractivity contribution in [1.82, 2.24) is 4.90 Å². The lowest BCUT2D eigenvalue weighted by Gasteiger charge is -2.37. The zero-order valence-electron chi connectivity index (χ0n) is 14.1. The molecule has 0 spiro atoms. The maximum absolute atomic E-state index is 12.9. The van der Waals surface area contributed by atoms with Crippen LogP contribution in [0, 0.1) is 5.92 Å². The fourth-order valence-electron chi connectivity index (χ4n) is 3.45. The minimum absolute atomic E-state index is 0.0217. The van der Waals surface area contributed by atoms with Gasteiger partial charge in [-0.2, -0.15) is 0 Å². The van der Waals surface area contributed by atoms with Gasteiger partial charge in [0, 0.05) is 12.6 Å². The molecule has 3 rings (SSSR count). The first-order valence-corrected chi connectivity index (χ1v) is 8.32. The Morgan fingerprint density at radius 2 is 2.08 bits per heavy atom. The van der Waals surface area contributed by atoms with E-state index >= 15 is 0 Å². The second-order valence-corrected chi connectivity index (χ2v) is 6.25. The lowest BCUT2D eigenvalue weighted by atomic mass is 9.93. The maximum atomic E-state index is 12.9. The standard InChI is InChI=1S/C18H23NO5/c1-22-14-7-6-12-9-13(11-24-16(12)10-14)17(20)19-8-4-3-5-15(19)18(21)23-2/h6-7,10,13,15H,3-5,8-9,11H2,1-2H3/t13-,15+/m0/s1. The van der Waals surface area contributed by atoms with Crippen LogP contribution in [0.1, 0.15) is 24.8 Å². The Morgan fingerprint density at radius 1 is 1.25 bits per heavy atom. The van der Waals surface area contributed by atoms with Crippen LogP contribution in [0.2, 0.25) is 0 Å². The molecule has 1 aromatic rings. The summed E-state index contributed by atoms with van der Waals surface area (Å²) in [5.41, 5.74) is 0.993. The number of fused-ring (bicyclic) bond motifs is 1. The van der Waals surface area contributed by atoms with Crippen molar-refractivity contribution in [3.05, 3.63) is 23.8 Å². The first kappa shape index (κ1) is 16.6. The molecular weight excluding hydrogens is 310 g/mol. The Kier molecular flexibility index (Phi) is 4.92. The van der Waals surface area contributed by atoms with E-state index in [1.54, 1.807) is 12.0 Å². The van der Waals surface area contributed by atoms with Crippen LogP contribution in [-0.4, -0.2) is 50.2 Å². The van der Waals surface area contributed by atoms with Gasteiger partial charge in [-0.15, -0.1) is 0 Å². The summed E-state index contributed by atoms with van der Waals surface area (Å²) in [6, 6.07) is 5.18. The number of ether oxygens (including phenoxy) is 3. The molecule has 0 radical (unpaired) electrons. The predicted octanol–water partition coefficient (Wildman–Crippen LogP) is 1.80. The number of hydrogen-bond donors (Lipinski definition) is 0. The van der Waals surface area contributed by atoms with Crippen molar-refractivity contribution in [2.24, 2.45) is 5.92 Å². The molecule has 2 aliphatic heterocycles. The first-order chi connectivity index (χ1) is 11.6. The molecule has 0 N–H and O–H groups in total. The molecule has 0 aromatic heterocycles. The Morgan fingerprint density at radius 3 is 2.83 bits per heavy atom. The molecule has 2 heterocycles. The molecule has 1 amide bonds. The Hall–Kier alpha value is -2.24. The smallest absolute Gasteiger partial charge is 0.328 e. The number of benzene rings is 1. The topological polar surface area (TPSA) is 65.1 Å². The summed E-state index contributed by atoms with van der Waals surface area (Å²) in [6.07, 6.45) is 3.14. The van der Waals surface area contributed by atoms with Crippen LogP contribution in [0.25, 0.3) is 0 Å². The molecule has 0 bridgehead atoms. The number of rotatable bonds is 3. The third-order valence-electron chi connectivity index (χ3n) is 4.79. The Balaban J connectivity index is 1.74. The molecule has 1 saturated heterocycles. The van der Waals surface area contributed by atoms with Gasteiger partial charge in [-0.1, -0.05) is 6.07 Å². The van der Waals surface area contributed by atoms with E-state index in [0.29, 0.717) is 26.0 Å². The molecule has 2 atom stereocenters. The number of nitrogens with zero attached hydrogens (tertiary/aromatic N) is 1. The van der Waals surface area contributed by atoms with Gasteiger partial charge in [0.2, 0.25) is 5.91 Å². The van der Waals surface area contributed by atoms with Gasteiger partial charge in [-0.25, -0.2) is 4.79 Å². The number of amides is 1. The van der Waals surface area contributed by atoms with E-state index in [2.05, 4.69) is 0 Å². The molecule has 130 valence electrons. The van der Waals surface area contributed by atoms with Gasteiger partial charge in [0.1, 0.15) is 24.1 Å². The average molecular weight is 333 g/mol. The normalized spacial score (nSPS) is 23.0. The third-order valence-corrected chi connectivity index (χ3v) is 4.79. The van der Waals surface area contributed by atoms with Crippen LogP contribution in [0.15, 0.2) is 18.2 Å². The molecular formula is C18H23NO5. The van der Waals surface area contributed by atoms with Gasteiger partial charge < -0.3 is 19.1 Å². The highest BCUT2D eigenvalue weighted by atomic mass is 16.5. The van der Waals surface area contributed by atoms with Crippen molar-refractivity contribution in [1.29, 1.82) is 0 Å². The second kappa shape index (κ2) is 7.11. The van der Waals surface area contributed by atoms with Crippen LogP contribution >= 0.6 is 0 Å². The highest BCUT2D eigenvalue weighted by Gasteiger charge is 2.37. The average Bonchev–Trinajstić information content (AvgIpc) is 2.65. The van der Waals surface area contributed by atoms with Crippen molar-refractivity contribution in [2.45, 2.75) is 31.7 Å². The van der Waals surface area contributed by atoms with Crippen LogP contribution in [0.3, 0.4) is 0 Å². The SMILES string of the molecule is COC(=O)[C@H]1CCCCN1C(=O)[C@@H]1COc2cc(OC)ccc2C1. The van der Waals surface area contributed by atoms with Gasteiger partial charge in [0.15, 0.2) is 0 Å². The summed E-state index contributed by atoms with van der Waals surface area (Å²) in [6.45, 7) is 0.925. The van der Waals surface area contributed by atoms with Crippen molar-refractivity contribution in [3.63, 3.8) is 0 Å². The van der Waals surface area contributed by atoms with Gasteiger partial charge in [-0.05, 0) is 37.3 Å². The summed E-state index contributed by atoms with van der Waals surface area (Å²) >= 11 is 0. The zero-order chi connectivity index (χ0) is 17.1. The summed E-state index contributed by atoms with van der Waals surface area (Å²) < 4.78 is 15.8. The molecule has 24 heavy (non-hydrogen) atoms.